The van der Waals surface area contributed by atoms with Crippen molar-refractivity contribution in [2.45, 2.75) is 61.8 Å². The van der Waals surface area contributed by atoms with Crippen LogP contribution in [0.4, 0.5) is 0 Å². The number of hydrogen-bond donors (Lipinski definition) is 1. The molecule has 1 heterocycles. The molecule has 2 rings (SSSR count). The molecule has 0 bridgehead atoms. The highest BCUT2D eigenvalue weighted by atomic mass is 32.2. The summed E-state index contributed by atoms with van der Waals surface area (Å²) < 4.78 is 41.4. The maximum atomic E-state index is 13.4. The smallest absolute Gasteiger partial charge is 0.328 e. The topological polar surface area (TPSA) is 105 Å². The van der Waals surface area contributed by atoms with Crippen LogP contribution in [-0.4, -0.2) is 50.6 Å². The number of hydrogen-bond acceptors (Lipinski definition) is 7. The molecule has 0 saturated carbocycles. The van der Waals surface area contributed by atoms with Gasteiger partial charge in [-0.15, -0.1) is 0 Å². The van der Waals surface area contributed by atoms with Gasteiger partial charge in [0.25, 0.3) is 0 Å². The van der Waals surface area contributed by atoms with E-state index in [9.17, 15) is 13.2 Å². The van der Waals surface area contributed by atoms with Crippen LogP contribution in [0, 0.1) is 0 Å². The first-order valence-electron chi connectivity index (χ1n) is 9.02. The van der Waals surface area contributed by atoms with Crippen molar-refractivity contribution in [1.29, 1.82) is 0 Å². The summed E-state index contributed by atoms with van der Waals surface area (Å²) in [7, 11) is -3.98. The summed E-state index contributed by atoms with van der Waals surface area (Å²) in [6.07, 6.45) is 0.125. The minimum Gasteiger partial charge on any atom is -0.492 e. The van der Waals surface area contributed by atoms with Crippen molar-refractivity contribution in [2.75, 3.05) is 19.8 Å². The van der Waals surface area contributed by atoms with Gasteiger partial charge in [-0.25, -0.2) is 8.42 Å². The lowest BCUT2D eigenvalue weighted by Gasteiger charge is -2.36. The van der Waals surface area contributed by atoms with E-state index in [4.69, 9.17) is 19.9 Å². The molecule has 1 aromatic carbocycles. The maximum Gasteiger partial charge on any atom is 0.328 e. The summed E-state index contributed by atoms with van der Waals surface area (Å²) in [6, 6.07) is 5.90. The van der Waals surface area contributed by atoms with Crippen LogP contribution >= 0.6 is 0 Å². The van der Waals surface area contributed by atoms with Crippen LogP contribution in [-0.2, 0) is 24.1 Å². The molecule has 0 radical (unpaired) electrons. The molecule has 1 aromatic rings. The van der Waals surface area contributed by atoms with Gasteiger partial charge < -0.3 is 19.9 Å². The molecule has 1 aliphatic rings. The minimum absolute atomic E-state index is 0.0587. The Hall–Kier alpha value is -1.64. The van der Waals surface area contributed by atoms with Gasteiger partial charge in [-0.05, 0) is 52.0 Å². The van der Waals surface area contributed by atoms with Crippen LogP contribution in [0.3, 0.4) is 0 Å². The van der Waals surface area contributed by atoms with Crippen molar-refractivity contribution >= 4 is 15.8 Å². The lowest BCUT2D eigenvalue weighted by atomic mass is 9.99. The average Bonchev–Trinajstić information content (AvgIpc) is 2.59. The largest absolute Gasteiger partial charge is 0.492 e. The highest BCUT2D eigenvalue weighted by Gasteiger charge is 2.54. The van der Waals surface area contributed by atoms with Gasteiger partial charge in [0.2, 0.25) is 0 Å². The van der Waals surface area contributed by atoms with Crippen molar-refractivity contribution in [3.8, 4) is 5.75 Å². The van der Waals surface area contributed by atoms with Gasteiger partial charge in [-0.3, -0.25) is 4.79 Å². The van der Waals surface area contributed by atoms with Crippen LogP contribution in [0.15, 0.2) is 29.2 Å². The monoisotopic (exact) mass is 399 g/mol. The van der Waals surface area contributed by atoms with Gasteiger partial charge in [-0.1, -0.05) is 0 Å². The fourth-order valence-corrected chi connectivity index (χ4v) is 4.73. The molecule has 7 nitrogen and oxygen atoms in total. The lowest BCUT2D eigenvalue weighted by molar-refractivity contribution is -0.160. The van der Waals surface area contributed by atoms with Crippen LogP contribution in [0.2, 0.25) is 0 Å². The number of esters is 1. The third kappa shape index (κ3) is 5.00. The molecule has 0 amide bonds. The van der Waals surface area contributed by atoms with Gasteiger partial charge >= 0.3 is 5.97 Å². The van der Waals surface area contributed by atoms with Crippen LogP contribution in [0.1, 0.15) is 40.5 Å². The van der Waals surface area contributed by atoms with Crippen molar-refractivity contribution in [1.82, 2.24) is 0 Å². The van der Waals surface area contributed by atoms with Crippen LogP contribution < -0.4 is 10.5 Å². The summed E-state index contributed by atoms with van der Waals surface area (Å²) >= 11 is 0. The minimum atomic E-state index is -3.98. The SMILES string of the molecule is CC(N)COc1ccc(S(=O)(=O)C2(C(=O)OC(C)(C)C)CCOCC2)cc1. The second kappa shape index (κ2) is 8.16. The molecule has 8 heteroatoms. The van der Waals surface area contributed by atoms with Crippen molar-refractivity contribution in [3.05, 3.63) is 24.3 Å². The molecule has 1 fully saturated rings. The summed E-state index contributed by atoms with van der Waals surface area (Å²) in [5.74, 6) is -0.208. The van der Waals surface area contributed by atoms with Crippen molar-refractivity contribution < 1.29 is 27.4 Å². The zero-order chi connectivity index (χ0) is 20.3. The molecule has 0 spiro atoms. The van der Waals surface area contributed by atoms with Gasteiger partial charge in [0, 0.05) is 32.1 Å². The number of sulfone groups is 1. The predicted octanol–water partition coefficient (Wildman–Crippen LogP) is 2.08. The average molecular weight is 400 g/mol. The van der Waals surface area contributed by atoms with Crippen LogP contribution in [0.5, 0.6) is 5.75 Å². The fraction of sp³-hybridized carbons (Fsp3) is 0.632. The van der Waals surface area contributed by atoms with Gasteiger partial charge in [0.1, 0.15) is 18.0 Å². The zero-order valence-electron chi connectivity index (χ0n) is 16.4. The third-order valence-corrected chi connectivity index (χ3v) is 6.73. The Balaban J connectivity index is 2.35. The molecule has 2 N–H and O–H groups in total. The highest BCUT2D eigenvalue weighted by Crippen LogP contribution is 2.37. The van der Waals surface area contributed by atoms with E-state index in [-0.39, 0.29) is 37.0 Å². The number of benzene rings is 1. The van der Waals surface area contributed by atoms with Crippen LogP contribution in [0.25, 0.3) is 0 Å². The summed E-state index contributed by atoms with van der Waals surface area (Å²) in [6.45, 7) is 7.67. The summed E-state index contributed by atoms with van der Waals surface area (Å²) in [5, 5.41) is 0. The molecule has 152 valence electrons. The summed E-state index contributed by atoms with van der Waals surface area (Å²) in [4.78, 5) is 13.0. The molecule has 1 saturated heterocycles. The molecule has 0 aromatic heterocycles. The molecular formula is C19H29NO6S. The van der Waals surface area contributed by atoms with E-state index in [0.717, 1.165) is 0 Å². The van der Waals surface area contributed by atoms with Gasteiger partial charge in [0.15, 0.2) is 14.6 Å². The van der Waals surface area contributed by atoms with E-state index >= 15 is 0 Å². The number of carbonyl (C=O) groups excluding carboxylic acids is 1. The zero-order valence-corrected chi connectivity index (χ0v) is 17.2. The molecule has 27 heavy (non-hydrogen) atoms. The fourth-order valence-electron chi connectivity index (χ4n) is 2.82. The molecule has 1 aliphatic heterocycles. The Morgan fingerprint density at radius 3 is 2.26 bits per heavy atom. The Morgan fingerprint density at radius 1 is 1.22 bits per heavy atom. The first-order chi connectivity index (χ1) is 12.5. The highest BCUT2D eigenvalue weighted by molar-refractivity contribution is 7.93. The van der Waals surface area contributed by atoms with E-state index in [0.29, 0.717) is 12.4 Å². The summed E-state index contributed by atoms with van der Waals surface area (Å²) in [5.41, 5.74) is 4.87. The standard InChI is InChI=1S/C19H29NO6S/c1-14(20)13-25-15-5-7-16(8-6-15)27(22,23)19(9-11-24-12-10-19)17(21)26-18(2,3)4/h5-8,14H,9-13,20H2,1-4H3. The first-order valence-corrected chi connectivity index (χ1v) is 10.5. The number of nitrogens with two attached hydrogens (primary N) is 1. The number of carbonyl (C=O) groups is 1. The molecule has 1 unspecified atom stereocenters. The van der Waals surface area contributed by atoms with Gasteiger partial charge in [-0.2, -0.15) is 0 Å². The Bertz CT molecular complexity index is 743. The van der Waals surface area contributed by atoms with E-state index in [1.165, 1.54) is 12.1 Å². The normalized spacial score (nSPS) is 18.6. The second-order valence-electron chi connectivity index (χ2n) is 7.87. The quantitative estimate of drug-likeness (QED) is 0.730. The van der Waals surface area contributed by atoms with E-state index in [1.807, 2.05) is 6.92 Å². The molecule has 0 aliphatic carbocycles. The molecular weight excluding hydrogens is 370 g/mol. The predicted molar refractivity (Wildman–Crippen MR) is 101 cm³/mol. The van der Waals surface area contributed by atoms with Crippen molar-refractivity contribution in [2.24, 2.45) is 5.73 Å². The molecule has 1 atom stereocenters. The second-order valence-corrected chi connectivity index (χ2v) is 10.1. The third-order valence-electron chi connectivity index (χ3n) is 4.23. The first kappa shape index (κ1) is 21.7. The van der Waals surface area contributed by atoms with Crippen molar-refractivity contribution in [3.63, 3.8) is 0 Å². The lowest BCUT2D eigenvalue weighted by Crippen LogP contribution is -2.53. The maximum absolute atomic E-state index is 13.4. The van der Waals surface area contributed by atoms with E-state index in [2.05, 4.69) is 0 Å². The van der Waals surface area contributed by atoms with E-state index in [1.54, 1.807) is 32.9 Å². The number of ether oxygens (including phenoxy) is 3. The Labute approximate surface area is 161 Å². The Morgan fingerprint density at radius 2 is 1.78 bits per heavy atom. The Kier molecular flexibility index (Phi) is 6.55. The number of rotatable bonds is 6. The van der Waals surface area contributed by atoms with Gasteiger partial charge in [0.05, 0.1) is 4.90 Å². The van der Waals surface area contributed by atoms with E-state index < -0.39 is 26.2 Å².